The molecule has 1 amide bonds. The molecule has 0 aromatic carbocycles. The van der Waals surface area contributed by atoms with Crippen molar-refractivity contribution >= 4 is 17.9 Å². The zero-order chi connectivity index (χ0) is 17.2. The molecule has 2 heterocycles. The Morgan fingerprint density at radius 2 is 2.13 bits per heavy atom. The highest BCUT2D eigenvalue weighted by Gasteiger charge is 2.43. The molecule has 1 aliphatic heterocycles. The Labute approximate surface area is 134 Å². The number of amidine groups is 1. The number of carbonyl (C=O) groups is 2. The van der Waals surface area contributed by atoms with Gasteiger partial charge in [0.2, 0.25) is 0 Å². The second-order valence-corrected chi connectivity index (χ2v) is 5.63. The van der Waals surface area contributed by atoms with Crippen LogP contribution in [0.25, 0.3) is 0 Å². The van der Waals surface area contributed by atoms with E-state index in [0.29, 0.717) is 5.82 Å². The largest absolute Gasteiger partial charge is 0.513 e. The SMILES string of the molecule is CCOC(=O)Oc1cnc(C)nc1C1=NC(C)(C(C)C)C(=O)N1. The predicted molar refractivity (Wildman–Crippen MR) is 82.3 cm³/mol. The number of carbonyl (C=O) groups excluding carboxylic acids is 2. The van der Waals surface area contributed by atoms with Crippen LogP contribution in [-0.4, -0.2) is 40.0 Å². The normalized spacial score (nSPS) is 20.3. The van der Waals surface area contributed by atoms with E-state index in [2.05, 4.69) is 20.3 Å². The van der Waals surface area contributed by atoms with E-state index in [4.69, 9.17) is 9.47 Å². The van der Waals surface area contributed by atoms with Crippen LogP contribution in [0.2, 0.25) is 0 Å². The third-order valence-corrected chi connectivity index (χ3v) is 3.72. The van der Waals surface area contributed by atoms with E-state index < -0.39 is 11.7 Å². The maximum absolute atomic E-state index is 12.2. The summed E-state index contributed by atoms with van der Waals surface area (Å²) >= 11 is 0. The van der Waals surface area contributed by atoms with Gasteiger partial charge in [-0.05, 0) is 26.7 Å². The van der Waals surface area contributed by atoms with Gasteiger partial charge in [-0.3, -0.25) is 4.79 Å². The Kier molecular flexibility index (Phi) is 4.63. The quantitative estimate of drug-likeness (QED) is 0.845. The summed E-state index contributed by atoms with van der Waals surface area (Å²) in [6, 6.07) is 0. The summed E-state index contributed by atoms with van der Waals surface area (Å²) < 4.78 is 9.85. The molecule has 2 rings (SSSR count). The summed E-state index contributed by atoms with van der Waals surface area (Å²) in [4.78, 5) is 36.5. The van der Waals surface area contributed by atoms with Gasteiger partial charge in [0.25, 0.3) is 5.91 Å². The van der Waals surface area contributed by atoms with Crippen LogP contribution >= 0.6 is 0 Å². The zero-order valence-corrected chi connectivity index (χ0v) is 13.8. The van der Waals surface area contributed by atoms with Crippen LogP contribution in [0.3, 0.4) is 0 Å². The number of hydrogen-bond donors (Lipinski definition) is 1. The van der Waals surface area contributed by atoms with Crippen LogP contribution in [0.1, 0.15) is 39.2 Å². The smallest absolute Gasteiger partial charge is 0.434 e. The lowest BCUT2D eigenvalue weighted by Gasteiger charge is -2.21. The molecule has 8 heteroatoms. The van der Waals surface area contributed by atoms with Crippen molar-refractivity contribution < 1.29 is 19.1 Å². The lowest BCUT2D eigenvalue weighted by Crippen LogP contribution is -2.41. The molecular formula is C15H20N4O4. The summed E-state index contributed by atoms with van der Waals surface area (Å²) in [5, 5.41) is 2.70. The van der Waals surface area contributed by atoms with Crippen LogP contribution in [-0.2, 0) is 9.53 Å². The van der Waals surface area contributed by atoms with E-state index in [1.807, 2.05) is 13.8 Å². The highest BCUT2D eigenvalue weighted by Crippen LogP contribution is 2.28. The number of amides is 1. The molecule has 23 heavy (non-hydrogen) atoms. The van der Waals surface area contributed by atoms with Crippen LogP contribution in [0.15, 0.2) is 11.2 Å². The number of aromatic nitrogens is 2. The number of nitrogens with zero attached hydrogens (tertiary/aromatic N) is 3. The van der Waals surface area contributed by atoms with Crippen molar-refractivity contribution in [2.45, 2.75) is 40.2 Å². The van der Waals surface area contributed by atoms with E-state index in [-0.39, 0.29) is 35.7 Å². The van der Waals surface area contributed by atoms with Crippen molar-refractivity contribution in [3.05, 3.63) is 17.7 Å². The molecule has 1 aromatic rings. The molecule has 0 spiro atoms. The molecule has 0 bridgehead atoms. The average molecular weight is 320 g/mol. The van der Waals surface area contributed by atoms with Crippen molar-refractivity contribution in [3.8, 4) is 5.75 Å². The number of nitrogens with one attached hydrogen (secondary N) is 1. The van der Waals surface area contributed by atoms with Gasteiger partial charge in [0.1, 0.15) is 11.4 Å². The minimum Gasteiger partial charge on any atom is -0.434 e. The second kappa shape index (κ2) is 6.31. The minimum absolute atomic E-state index is 0.00245. The lowest BCUT2D eigenvalue weighted by molar-refractivity contribution is -0.124. The molecule has 0 saturated heterocycles. The van der Waals surface area contributed by atoms with Gasteiger partial charge in [-0.25, -0.2) is 19.8 Å². The Balaban J connectivity index is 2.41. The first-order chi connectivity index (χ1) is 10.8. The molecule has 1 atom stereocenters. The summed E-state index contributed by atoms with van der Waals surface area (Å²) in [6.45, 7) is 9.12. The lowest BCUT2D eigenvalue weighted by atomic mass is 9.89. The zero-order valence-electron chi connectivity index (χ0n) is 13.8. The van der Waals surface area contributed by atoms with E-state index in [0.717, 1.165) is 0 Å². The monoisotopic (exact) mass is 320 g/mol. The molecule has 0 fully saturated rings. The third-order valence-electron chi connectivity index (χ3n) is 3.72. The molecule has 0 saturated carbocycles. The molecule has 1 aromatic heterocycles. The highest BCUT2D eigenvalue weighted by molar-refractivity contribution is 6.15. The molecule has 1 N–H and O–H groups in total. The first kappa shape index (κ1) is 16.9. The fourth-order valence-electron chi connectivity index (χ4n) is 1.99. The van der Waals surface area contributed by atoms with Crippen LogP contribution in [0.5, 0.6) is 5.75 Å². The topological polar surface area (TPSA) is 103 Å². The van der Waals surface area contributed by atoms with E-state index in [1.165, 1.54) is 6.20 Å². The molecule has 1 aliphatic rings. The van der Waals surface area contributed by atoms with Crippen LogP contribution in [0, 0.1) is 12.8 Å². The average Bonchev–Trinajstić information content (AvgIpc) is 2.78. The van der Waals surface area contributed by atoms with Gasteiger partial charge < -0.3 is 14.8 Å². The van der Waals surface area contributed by atoms with Gasteiger partial charge in [0.05, 0.1) is 12.8 Å². The van der Waals surface area contributed by atoms with Crippen LogP contribution < -0.4 is 10.1 Å². The fourth-order valence-corrected chi connectivity index (χ4v) is 1.99. The molecular weight excluding hydrogens is 300 g/mol. The van der Waals surface area contributed by atoms with Gasteiger partial charge in [-0.15, -0.1) is 0 Å². The highest BCUT2D eigenvalue weighted by atomic mass is 16.7. The van der Waals surface area contributed by atoms with E-state index >= 15 is 0 Å². The fraction of sp³-hybridized carbons (Fsp3) is 0.533. The van der Waals surface area contributed by atoms with Crippen molar-refractivity contribution in [2.24, 2.45) is 10.9 Å². The number of aliphatic imine (C=N–C) groups is 1. The van der Waals surface area contributed by atoms with Crippen molar-refractivity contribution in [3.63, 3.8) is 0 Å². The third kappa shape index (κ3) is 3.30. The Morgan fingerprint density at radius 3 is 2.70 bits per heavy atom. The second-order valence-electron chi connectivity index (χ2n) is 5.63. The first-order valence-corrected chi connectivity index (χ1v) is 7.37. The van der Waals surface area contributed by atoms with Crippen molar-refractivity contribution in [2.75, 3.05) is 6.61 Å². The number of aryl methyl sites for hydroxylation is 1. The Morgan fingerprint density at radius 1 is 1.43 bits per heavy atom. The summed E-state index contributed by atoms with van der Waals surface area (Å²) in [5.74, 6) is 0.585. The molecule has 0 aliphatic carbocycles. The Bertz CT molecular complexity index is 671. The summed E-state index contributed by atoms with van der Waals surface area (Å²) in [5.41, 5.74) is -0.640. The number of ether oxygens (including phenoxy) is 2. The minimum atomic E-state index is -0.893. The number of hydrogen-bond acceptors (Lipinski definition) is 7. The maximum atomic E-state index is 12.2. The van der Waals surface area contributed by atoms with Gasteiger partial charge in [0.15, 0.2) is 17.3 Å². The number of rotatable bonds is 4. The predicted octanol–water partition coefficient (Wildman–Crippen LogP) is 1.61. The van der Waals surface area contributed by atoms with E-state index in [9.17, 15) is 9.59 Å². The molecule has 1 unspecified atom stereocenters. The maximum Gasteiger partial charge on any atom is 0.513 e. The molecule has 124 valence electrons. The molecule has 8 nitrogen and oxygen atoms in total. The van der Waals surface area contributed by atoms with Crippen molar-refractivity contribution in [1.29, 1.82) is 0 Å². The van der Waals surface area contributed by atoms with Gasteiger partial charge in [-0.2, -0.15) is 0 Å². The standard InChI is InChI=1S/C15H20N4O4/c1-6-22-14(21)23-10-7-16-9(4)17-11(10)12-18-13(20)15(5,19-12)8(2)3/h7-8H,6H2,1-5H3,(H,18,19,20). The van der Waals surface area contributed by atoms with Gasteiger partial charge in [0, 0.05) is 0 Å². The first-order valence-electron chi connectivity index (χ1n) is 7.37. The molecule has 0 radical (unpaired) electrons. The van der Waals surface area contributed by atoms with Crippen molar-refractivity contribution in [1.82, 2.24) is 15.3 Å². The van der Waals surface area contributed by atoms with Crippen LogP contribution in [0.4, 0.5) is 4.79 Å². The Hall–Kier alpha value is -2.51. The van der Waals surface area contributed by atoms with E-state index in [1.54, 1.807) is 20.8 Å². The summed E-state index contributed by atoms with van der Waals surface area (Å²) in [7, 11) is 0. The van der Waals surface area contributed by atoms with Gasteiger partial charge in [-0.1, -0.05) is 13.8 Å². The van der Waals surface area contributed by atoms with Gasteiger partial charge >= 0.3 is 6.16 Å². The summed E-state index contributed by atoms with van der Waals surface area (Å²) in [6.07, 6.45) is 0.492.